The van der Waals surface area contributed by atoms with Crippen LogP contribution in [0, 0.1) is 0 Å². The lowest BCUT2D eigenvalue weighted by atomic mass is 10.2. The summed E-state index contributed by atoms with van der Waals surface area (Å²) >= 11 is 0. The second-order valence-electron chi connectivity index (χ2n) is 5.25. The lowest BCUT2D eigenvalue weighted by Crippen LogP contribution is -2.55. The van der Waals surface area contributed by atoms with Gasteiger partial charge in [-0.2, -0.15) is 0 Å². The van der Waals surface area contributed by atoms with Crippen LogP contribution in [0.25, 0.3) is 0 Å². The predicted molar refractivity (Wildman–Crippen MR) is 72.2 cm³/mol. The third-order valence-corrected chi connectivity index (χ3v) is 3.34. The summed E-state index contributed by atoms with van der Waals surface area (Å²) in [5.74, 6) is -0.915. The molecule has 1 fully saturated rings. The lowest BCUT2D eigenvalue weighted by Gasteiger charge is -2.37. The number of nitrogens with one attached hydrogen (secondary N) is 2. The van der Waals surface area contributed by atoms with Crippen molar-refractivity contribution in [2.45, 2.75) is 25.4 Å². The number of hydrogen-bond donors (Lipinski definition) is 3. The van der Waals surface area contributed by atoms with Gasteiger partial charge in [0.25, 0.3) is 0 Å². The normalized spacial score (nSPS) is 22.8. The zero-order valence-electron chi connectivity index (χ0n) is 11.8. The molecule has 2 unspecified atom stereocenters. The monoisotopic (exact) mass is 272 g/mol. The highest BCUT2D eigenvalue weighted by Crippen LogP contribution is 2.04. The Bertz CT molecular complexity index is 324. The number of piperazine rings is 1. The van der Waals surface area contributed by atoms with Crippen molar-refractivity contribution in [2.75, 3.05) is 40.3 Å². The third-order valence-electron chi connectivity index (χ3n) is 3.34. The summed E-state index contributed by atoms with van der Waals surface area (Å²) < 4.78 is 0. The van der Waals surface area contributed by atoms with E-state index in [0.717, 1.165) is 19.6 Å². The van der Waals surface area contributed by atoms with Crippen LogP contribution in [-0.4, -0.2) is 79.3 Å². The average Bonchev–Trinajstić information content (AvgIpc) is 2.29. The van der Waals surface area contributed by atoms with Crippen molar-refractivity contribution >= 4 is 12.0 Å². The van der Waals surface area contributed by atoms with Gasteiger partial charge in [-0.15, -0.1) is 0 Å². The first-order valence-electron chi connectivity index (χ1n) is 6.53. The minimum absolute atomic E-state index is 0.0700. The van der Waals surface area contributed by atoms with Crippen molar-refractivity contribution < 1.29 is 14.7 Å². The quantitative estimate of drug-likeness (QED) is 0.622. The van der Waals surface area contributed by atoms with Gasteiger partial charge in [0.15, 0.2) is 0 Å². The minimum atomic E-state index is -0.915. The zero-order valence-corrected chi connectivity index (χ0v) is 11.8. The van der Waals surface area contributed by atoms with E-state index in [4.69, 9.17) is 5.11 Å². The highest BCUT2D eigenvalue weighted by atomic mass is 16.4. The molecule has 0 spiro atoms. The smallest absolute Gasteiger partial charge is 0.315 e. The van der Waals surface area contributed by atoms with E-state index in [2.05, 4.69) is 27.5 Å². The number of carboxylic acids is 1. The summed E-state index contributed by atoms with van der Waals surface area (Å²) in [5.41, 5.74) is 0. The van der Waals surface area contributed by atoms with Crippen molar-refractivity contribution in [3.05, 3.63) is 0 Å². The maximum Gasteiger partial charge on any atom is 0.315 e. The highest BCUT2D eigenvalue weighted by molar-refractivity contribution is 5.75. The van der Waals surface area contributed by atoms with Crippen molar-refractivity contribution in [1.29, 1.82) is 0 Å². The Morgan fingerprint density at radius 1 is 1.37 bits per heavy atom. The fourth-order valence-electron chi connectivity index (χ4n) is 2.12. The number of nitrogens with zero attached hydrogens (tertiary/aromatic N) is 2. The van der Waals surface area contributed by atoms with Gasteiger partial charge in [0.05, 0.1) is 6.42 Å². The summed E-state index contributed by atoms with van der Waals surface area (Å²) in [6.45, 7) is 5.18. The van der Waals surface area contributed by atoms with Crippen LogP contribution in [0.15, 0.2) is 0 Å². The Morgan fingerprint density at radius 3 is 2.68 bits per heavy atom. The van der Waals surface area contributed by atoms with Gasteiger partial charge in [-0.3, -0.25) is 9.69 Å². The first-order valence-corrected chi connectivity index (χ1v) is 6.53. The second-order valence-corrected chi connectivity index (χ2v) is 5.25. The van der Waals surface area contributed by atoms with E-state index in [0.29, 0.717) is 12.6 Å². The average molecular weight is 272 g/mol. The molecule has 2 atom stereocenters. The summed E-state index contributed by atoms with van der Waals surface area (Å²) in [5, 5.41) is 14.0. The number of carbonyl (C=O) groups excluding carboxylic acids is 1. The fourth-order valence-corrected chi connectivity index (χ4v) is 2.12. The van der Waals surface area contributed by atoms with E-state index in [-0.39, 0.29) is 18.5 Å². The standard InChI is InChI=1S/C12H24N4O3/c1-9(6-11(17)18)14-12(19)13-7-10-8-15(2)4-5-16(10)3/h9-10H,4-8H2,1-3H3,(H,17,18)(H2,13,14,19). The molecule has 19 heavy (non-hydrogen) atoms. The van der Waals surface area contributed by atoms with Crippen molar-refractivity contribution in [3.63, 3.8) is 0 Å². The molecular weight excluding hydrogens is 248 g/mol. The Morgan fingerprint density at radius 2 is 2.05 bits per heavy atom. The first kappa shape index (κ1) is 15.7. The van der Waals surface area contributed by atoms with Crippen LogP contribution >= 0.6 is 0 Å². The molecule has 0 saturated carbocycles. The number of hydrogen-bond acceptors (Lipinski definition) is 4. The summed E-state index contributed by atoms with van der Waals surface area (Å²) in [4.78, 5) is 26.6. The van der Waals surface area contributed by atoms with Gasteiger partial charge < -0.3 is 20.6 Å². The molecule has 0 aromatic heterocycles. The van der Waals surface area contributed by atoms with Crippen LogP contribution in [0.1, 0.15) is 13.3 Å². The van der Waals surface area contributed by atoms with Gasteiger partial charge in [-0.05, 0) is 21.0 Å². The third kappa shape index (κ3) is 5.89. The molecule has 0 radical (unpaired) electrons. The van der Waals surface area contributed by atoms with Crippen molar-refractivity contribution in [3.8, 4) is 0 Å². The van der Waals surface area contributed by atoms with Crippen LogP contribution < -0.4 is 10.6 Å². The molecule has 7 heteroatoms. The number of carbonyl (C=O) groups is 2. The molecule has 3 N–H and O–H groups in total. The first-order chi connectivity index (χ1) is 8.88. The predicted octanol–water partition coefficient (Wildman–Crippen LogP) is -0.605. The van der Waals surface area contributed by atoms with Gasteiger partial charge in [-0.25, -0.2) is 4.79 Å². The van der Waals surface area contributed by atoms with E-state index < -0.39 is 5.97 Å². The van der Waals surface area contributed by atoms with Crippen molar-refractivity contribution in [2.24, 2.45) is 0 Å². The molecule has 1 heterocycles. The Balaban J connectivity index is 2.27. The fraction of sp³-hybridized carbons (Fsp3) is 0.833. The van der Waals surface area contributed by atoms with E-state index in [1.54, 1.807) is 6.92 Å². The molecule has 1 aliphatic rings. The van der Waals surface area contributed by atoms with Gasteiger partial charge in [0, 0.05) is 38.3 Å². The molecule has 1 saturated heterocycles. The topological polar surface area (TPSA) is 84.9 Å². The number of urea groups is 1. The minimum Gasteiger partial charge on any atom is -0.481 e. The molecule has 110 valence electrons. The maximum atomic E-state index is 11.6. The van der Waals surface area contributed by atoms with E-state index >= 15 is 0 Å². The SMILES string of the molecule is CC(CC(=O)O)NC(=O)NCC1CN(C)CCN1C. The number of rotatable bonds is 5. The number of carboxylic acid groups (broad SMARTS) is 1. The van der Waals surface area contributed by atoms with Crippen LogP contribution in [0.5, 0.6) is 0 Å². The molecule has 0 aliphatic carbocycles. The molecule has 1 aliphatic heterocycles. The van der Waals surface area contributed by atoms with E-state index in [1.165, 1.54) is 0 Å². The van der Waals surface area contributed by atoms with E-state index in [1.807, 2.05) is 7.05 Å². The molecule has 2 amide bonds. The number of aliphatic carboxylic acids is 1. The van der Waals surface area contributed by atoms with Crippen LogP contribution in [0.3, 0.4) is 0 Å². The summed E-state index contributed by atoms with van der Waals surface area (Å²) in [6, 6.07) is -0.390. The number of amides is 2. The zero-order chi connectivity index (χ0) is 14.4. The highest BCUT2D eigenvalue weighted by Gasteiger charge is 2.22. The summed E-state index contributed by atoms with van der Waals surface area (Å²) in [7, 11) is 4.11. The Kier molecular flexibility index (Phi) is 6.04. The largest absolute Gasteiger partial charge is 0.481 e. The molecule has 7 nitrogen and oxygen atoms in total. The molecule has 1 rings (SSSR count). The van der Waals surface area contributed by atoms with Crippen molar-refractivity contribution in [1.82, 2.24) is 20.4 Å². The maximum absolute atomic E-state index is 11.6. The molecule has 0 bridgehead atoms. The van der Waals surface area contributed by atoms with Gasteiger partial charge in [0.1, 0.15) is 0 Å². The lowest BCUT2D eigenvalue weighted by molar-refractivity contribution is -0.137. The Labute approximate surface area is 113 Å². The second kappa shape index (κ2) is 7.30. The molecule has 0 aromatic carbocycles. The van der Waals surface area contributed by atoms with Gasteiger partial charge in [0.2, 0.25) is 0 Å². The molecule has 0 aromatic rings. The van der Waals surface area contributed by atoms with Crippen LogP contribution in [-0.2, 0) is 4.79 Å². The van der Waals surface area contributed by atoms with Gasteiger partial charge >= 0.3 is 12.0 Å². The summed E-state index contributed by atoms with van der Waals surface area (Å²) in [6.07, 6.45) is -0.0700. The van der Waals surface area contributed by atoms with E-state index in [9.17, 15) is 9.59 Å². The Hall–Kier alpha value is -1.34. The molecular formula is C12H24N4O3. The van der Waals surface area contributed by atoms with Crippen LogP contribution in [0.4, 0.5) is 4.79 Å². The number of likely N-dealkylation sites (N-methyl/N-ethyl adjacent to an activating group) is 2. The van der Waals surface area contributed by atoms with Crippen LogP contribution in [0.2, 0.25) is 0 Å². The van der Waals surface area contributed by atoms with Gasteiger partial charge in [-0.1, -0.05) is 0 Å².